The summed E-state index contributed by atoms with van der Waals surface area (Å²) in [5.41, 5.74) is 0.554. The first-order chi connectivity index (χ1) is 14.8. The number of anilines is 1. The van der Waals surface area contributed by atoms with Crippen LogP contribution in [0.1, 0.15) is 22.8 Å². The van der Waals surface area contributed by atoms with Crippen molar-refractivity contribution in [2.75, 3.05) is 18.6 Å². The second kappa shape index (κ2) is 9.27. The standard InChI is InChI=1S/C21H17BrN2O6S/c1-3-30-16-9-11(8-15(22)17(16)29-2)7-14-18(25)23-21(31)24(19(14)26)13-6-4-5-12(10-13)20(27)28/h4-10H,3H2,1-2H3,(H,27,28)(H,23,25,31). The summed E-state index contributed by atoms with van der Waals surface area (Å²) in [6.07, 6.45) is 1.40. The van der Waals surface area contributed by atoms with Crippen molar-refractivity contribution >= 4 is 62.8 Å². The third kappa shape index (κ3) is 4.59. The summed E-state index contributed by atoms with van der Waals surface area (Å²) in [4.78, 5) is 38.0. The Balaban J connectivity index is 2.05. The van der Waals surface area contributed by atoms with E-state index in [4.69, 9.17) is 21.7 Å². The van der Waals surface area contributed by atoms with Gasteiger partial charge < -0.3 is 14.6 Å². The highest BCUT2D eigenvalue weighted by atomic mass is 79.9. The lowest BCUT2D eigenvalue weighted by molar-refractivity contribution is -0.122. The predicted octanol–water partition coefficient (Wildman–Crippen LogP) is 3.39. The minimum absolute atomic E-state index is 0.0176. The van der Waals surface area contributed by atoms with E-state index >= 15 is 0 Å². The normalized spacial score (nSPS) is 15.1. The van der Waals surface area contributed by atoms with Crippen molar-refractivity contribution in [1.82, 2.24) is 5.32 Å². The Kier molecular flexibility index (Phi) is 6.71. The van der Waals surface area contributed by atoms with Crippen LogP contribution in [0, 0.1) is 0 Å². The third-order valence-electron chi connectivity index (χ3n) is 4.30. The number of hydrogen-bond acceptors (Lipinski definition) is 6. The van der Waals surface area contributed by atoms with Gasteiger partial charge in [0.25, 0.3) is 11.8 Å². The minimum atomic E-state index is -1.15. The van der Waals surface area contributed by atoms with Crippen molar-refractivity contribution in [3.63, 3.8) is 0 Å². The lowest BCUT2D eigenvalue weighted by atomic mass is 10.1. The lowest BCUT2D eigenvalue weighted by Crippen LogP contribution is -2.54. The number of thiocarbonyl (C=S) groups is 1. The molecule has 2 aromatic rings. The van der Waals surface area contributed by atoms with Crippen molar-refractivity contribution in [3.8, 4) is 11.5 Å². The summed E-state index contributed by atoms with van der Waals surface area (Å²) >= 11 is 8.55. The first-order valence-corrected chi connectivity index (χ1v) is 10.2. The summed E-state index contributed by atoms with van der Waals surface area (Å²) < 4.78 is 11.5. The van der Waals surface area contributed by atoms with E-state index in [9.17, 15) is 19.5 Å². The number of nitrogens with one attached hydrogen (secondary N) is 1. The number of carbonyl (C=O) groups is 3. The van der Waals surface area contributed by atoms with Crippen LogP contribution in [0.25, 0.3) is 6.08 Å². The van der Waals surface area contributed by atoms with Gasteiger partial charge in [0.15, 0.2) is 16.6 Å². The SMILES string of the molecule is CCOc1cc(C=C2C(=O)NC(=S)N(c3cccc(C(=O)O)c3)C2=O)cc(Br)c1OC. The van der Waals surface area contributed by atoms with Gasteiger partial charge in [0, 0.05) is 0 Å². The van der Waals surface area contributed by atoms with Crippen LogP contribution in [0.5, 0.6) is 11.5 Å². The van der Waals surface area contributed by atoms with E-state index in [2.05, 4.69) is 21.2 Å². The van der Waals surface area contributed by atoms with E-state index < -0.39 is 17.8 Å². The van der Waals surface area contributed by atoms with Crippen molar-refractivity contribution < 1.29 is 29.0 Å². The minimum Gasteiger partial charge on any atom is -0.492 e. The van der Waals surface area contributed by atoms with Gasteiger partial charge in [-0.25, -0.2) is 4.79 Å². The highest BCUT2D eigenvalue weighted by molar-refractivity contribution is 9.10. The summed E-state index contributed by atoms with van der Waals surface area (Å²) in [5, 5.41) is 11.6. The number of halogens is 1. The molecule has 0 atom stereocenters. The van der Waals surface area contributed by atoms with Gasteiger partial charge in [-0.05, 0) is 77.0 Å². The Bertz CT molecular complexity index is 1130. The molecule has 31 heavy (non-hydrogen) atoms. The van der Waals surface area contributed by atoms with E-state index in [-0.39, 0.29) is 21.9 Å². The molecule has 2 amide bonds. The van der Waals surface area contributed by atoms with Gasteiger partial charge in [-0.1, -0.05) is 6.07 Å². The molecule has 0 bridgehead atoms. The monoisotopic (exact) mass is 504 g/mol. The maximum atomic E-state index is 13.1. The number of benzene rings is 2. The van der Waals surface area contributed by atoms with Crippen LogP contribution in [0.15, 0.2) is 46.4 Å². The molecule has 0 aliphatic carbocycles. The zero-order valence-electron chi connectivity index (χ0n) is 16.5. The topological polar surface area (TPSA) is 105 Å². The molecular weight excluding hydrogens is 488 g/mol. The number of rotatable bonds is 6. The highest BCUT2D eigenvalue weighted by Crippen LogP contribution is 2.37. The third-order valence-corrected chi connectivity index (χ3v) is 5.17. The van der Waals surface area contributed by atoms with Gasteiger partial charge in [0.2, 0.25) is 0 Å². The van der Waals surface area contributed by atoms with Crippen LogP contribution in [0.3, 0.4) is 0 Å². The van der Waals surface area contributed by atoms with E-state index in [0.29, 0.717) is 28.1 Å². The number of nitrogens with zero attached hydrogens (tertiary/aromatic N) is 1. The Morgan fingerprint density at radius 3 is 2.68 bits per heavy atom. The molecule has 1 fully saturated rings. The van der Waals surface area contributed by atoms with Crippen LogP contribution >= 0.6 is 28.1 Å². The average Bonchev–Trinajstić information content (AvgIpc) is 2.71. The molecule has 0 aromatic heterocycles. The van der Waals surface area contributed by atoms with Crippen LogP contribution in [0.2, 0.25) is 0 Å². The summed E-state index contributed by atoms with van der Waals surface area (Å²) in [7, 11) is 1.50. The number of hydrogen-bond donors (Lipinski definition) is 2. The zero-order valence-corrected chi connectivity index (χ0v) is 18.9. The maximum absolute atomic E-state index is 13.1. The van der Waals surface area contributed by atoms with E-state index in [1.165, 1.54) is 37.5 Å². The fraction of sp³-hybridized carbons (Fsp3) is 0.143. The maximum Gasteiger partial charge on any atom is 0.335 e. The van der Waals surface area contributed by atoms with Gasteiger partial charge in [0.05, 0.1) is 29.4 Å². The number of carbonyl (C=O) groups excluding carboxylic acids is 2. The molecule has 10 heteroatoms. The number of carboxylic acids is 1. The Hall–Kier alpha value is -3.24. The number of amides is 2. The van der Waals surface area contributed by atoms with Gasteiger partial charge in [-0.2, -0.15) is 0 Å². The molecule has 0 radical (unpaired) electrons. The number of aromatic carboxylic acids is 1. The van der Waals surface area contributed by atoms with E-state index in [1.54, 1.807) is 12.1 Å². The summed E-state index contributed by atoms with van der Waals surface area (Å²) in [5.74, 6) is -1.57. The van der Waals surface area contributed by atoms with E-state index in [1.807, 2.05) is 6.92 Å². The molecule has 0 saturated carbocycles. The molecule has 160 valence electrons. The fourth-order valence-corrected chi connectivity index (χ4v) is 3.87. The van der Waals surface area contributed by atoms with Gasteiger partial charge in [0.1, 0.15) is 5.57 Å². The predicted molar refractivity (Wildman–Crippen MR) is 121 cm³/mol. The second-order valence-corrected chi connectivity index (χ2v) is 7.52. The molecule has 2 N–H and O–H groups in total. The number of methoxy groups -OCH3 is 1. The zero-order chi connectivity index (χ0) is 22.7. The van der Waals surface area contributed by atoms with Gasteiger partial charge >= 0.3 is 5.97 Å². The Morgan fingerprint density at radius 1 is 1.29 bits per heavy atom. The highest BCUT2D eigenvalue weighted by Gasteiger charge is 2.34. The molecule has 2 aromatic carbocycles. The Labute approximate surface area is 191 Å². The van der Waals surface area contributed by atoms with Crippen LogP contribution in [-0.4, -0.2) is 41.7 Å². The van der Waals surface area contributed by atoms with Crippen LogP contribution in [-0.2, 0) is 9.59 Å². The fourth-order valence-electron chi connectivity index (χ4n) is 2.97. The molecule has 1 heterocycles. The van der Waals surface area contributed by atoms with E-state index in [0.717, 1.165) is 4.90 Å². The molecule has 1 aliphatic rings. The molecule has 0 unspecified atom stereocenters. The second-order valence-electron chi connectivity index (χ2n) is 6.28. The van der Waals surface area contributed by atoms with Crippen molar-refractivity contribution in [2.24, 2.45) is 0 Å². The summed E-state index contributed by atoms with van der Waals surface area (Å²) in [6, 6.07) is 9.04. The van der Waals surface area contributed by atoms with Crippen LogP contribution < -0.4 is 19.7 Å². The quantitative estimate of drug-likeness (QED) is 0.352. The van der Waals surface area contributed by atoms with Crippen molar-refractivity contribution in [2.45, 2.75) is 6.92 Å². The molecule has 3 rings (SSSR count). The van der Waals surface area contributed by atoms with Gasteiger partial charge in [-0.3, -0.25) is 19.8 Å². The number of carboxylic acid groups (broad SMARTS) is 1. The van der Waals surface area contributed by atoms with Crippen molar-refractivity contribution in [1.29, 1.82) is 0 Å². The molecular formula is C21H17BrN2O6S. The smallest absolute Gasteiger partial charge is 0.335 e. The first-order valence-electron chi connectivity index (χ1n) is 9.02. The first kappa shape index (κ1) is 22.4. The molecule has 1 aliphatic heterocycles. The molecule has 8 nitrogen and oxygen atoms in total. The summed E-state index contributed by atoms with van der Waals surface area (Å²) in [6.45, 7) is 2.21. The average molecular weight is 505 g/mol. The lowest BCUT2D eigenvalue weighted by Gasteiger charge is -2.29. The molecule has 0 spiro atoms. The largest absolute Gasteiger partial charge is 0.492 e. The van der Waals surface area contributed by atoms with Crippen molar-refractivity contribution in [3.05, 3.63) is 57.6 Å². The number of ether oxygens (including phenoxy) is 2. The molecule has 1 saturated heterocycles. The van der Waals surface area contributed by atoms with Gasteiger partial charge in [-0.15, -0.1) is 0 Å². The Morgan fingerprint density at radius 2 is 2.03 bits per heavy atom. The van der Waals surface area contributed by atoms with Crippen LogP contribution in [0.4, 0.5) is 5.69 Å².